The summed E-state index contributed by atoms with van der Waals surface area (Å²) in [5.41, 5.74) is 1.91. The first-order valence-electron chi connectivity index (χ1n) is 6.65. The normalized spacial score (nSPS) is 18.8. The zero-order valence-electron chi connectivity index (χ0n) is 11.2. The third-order valence-electron chi connectivity index (χ3n) is 4.00. The molecule has 2 aliphatic heterocycles. The number of carbonyl (C=O) groups is 1. The summed E-state index contributed by atoms with van der Waals surface area (Å²) in [6, 6.07) is 9.44. The number of fused-ring (bicyclic) bond motifs is 2. The van der Waals surface area contributed by atoms with Gasteiger partial charge < -0.3 is 10.1 Å². The van der Waals surface area contributed by atoms with Crippen molar-refractivity contribution in [2.75, 3.05) is 6.54 Å². The van der Waals surface area contributed by atoms with Crippen LogP contribution in [0.25, 0.3) is 0 Å². The maximum atomic E-state index is 12.0. The van der Waals surface area contributed by atoms with Crippen molar-refractivity contribution in [2.45, 2.75) is 10.8 Å². The molecule has 0 aromatic heterocycles. The highest BCUT2D eigenvalue weighted by Crippen LogP contribution is 2.47. The van der Waals surface area contributed by atoms with Gasteiger partial charge in [-0.1, -0.05) is 6.07 Å². The molecule has 4 rings (SSSR count). The molecule has 0 saturated heterocycles. The monoisotopic (exact) mass is 317 g/mol. The summed E-state index contributed by atoms with van der Waals surface area (Å²) < 4.78 is 37.7. The van der Waals surface area contributed by atoms with Crippen molar-refractivity contribution in [1.29, 1.82) is 0 Å². The molecule has 2 heterocycles. The van der Waals surface area contributed by atoms with Crippen molar-refractivity contribution in [2.24, 2.45) is 0 Å². The van der Waals surface area contributed by atoms with E-state index in [1.807, 2.05) is 0 Å². The lowest BCUT2D eigenvalue weighted by Gasteiger charge is -2.33. The second kappa shape index (κ2) is 4.31. The molecule has 6 nitrogen and oxygen atoms in total. The lowest BCUT2D eigenvalue weighted by molar-refractivity contribution is 0.0940. The van der Waals surface area contributed by atoms with Crippen LogP contribution in [-0.4, -0.2) is 25.4 Å². The van der Waals surface area contributed by atoms with E-state index >= 15 is 0 Å². The van der Waals surface area contributed by atoms with Crippen LogP contribution in [0.2, 0.25) is 0 Å². The predicted molar refractivity (Wildman–Crippen MR) is 76.9 cm³/mol. The first-order chi connectivity index (χ1) is 10.4. The molecule has 2 aliphatic rings. The van der Waals surface area contributed by atoms with E-state index in [0.29, 0.717) is 29.2 Å². The van der Waals surface area contributed by atoms with Crippen LogP contribution >= 0.6 is 0 Å². The van der Waals surface area contributed by atoms with E-state index in [1.54, 1.807) is 18.2 Å². The van der Waals surface area contributed by atoms with E-state index in [0.717, 1.165) is 5.56 Å². The molecule has 1 amide bonds. The molecule has 22 heavy (non-hydrogen) atoms. The Morgan fingerprint density at radius 2 is 2.00 bits per heavy atom. The molecular formula is C15H11NO5S. The van der Waals surface area contributed by atoms with Gasteiger partial charge in [0.25, 0.3) is 16.0 Å². The topological polar surface area (TPSA) is 92.7 Å². The average molecular weight is 317 g/mol. The third-order valence-corrected chi connectivity index (χ3v) is 4.85. The van der Waals surface area contributed by atoms with Gasteiger partial charge in [0, 0.05) is 29.2 Å². The van der Waals surface area contributed by atoms with Crippen molar-refractivity contribution in [3.63, 3.8) is 0 Å². The lowest BCUT2D eigenvalue weighted by Crippen LogP contribution is -2.36. The molecule has 1 atom stereocenters. The van der Waals surface area contributed by atoms with Gasteiger partial charge in [-0.15, -0.1) is 0 Å². The first-order valence-corrected chi connectivity index (χ1v) is 8.09. The summed E-state index contributed by atoms with van der Waals surface area (Å²) in [5, 5.41) is 2.79. The van der Waals surface area contributed by atoms with Crippen LogP contribution < -0.4 is 10.1 Å². The minimum absolute atomic E-state index is 0.175. The Kier molecular flexibility index (Phi) is 2.60. The first kappa shape index (κ1) is 13.3. The van der Waals surface area contributed by atoms with E-state index in [2.05, 4.69) is 5.32 Å². The Bertz CT molecular complexity index is 920. The van der Waals surface area contributed by atoms with Gasteiger partial charge in [0.15, 0.2) is 0 Å². The van der Waals surface area contributed by atoms with Gasteiger partial charge in [0.2, 0.25) is 0 Å². The number of ether oxygens (including phenoxy) is 1. The number of nitrogens with one attached hydrogen (secondary N) is 1. The zero-order valence-corrected chi connectivity index (χ0v) is 12.1. The molecule has 0 bridgehead atoms. The van der Waals surface area contributed by atoms with E-state index < -0.39 is 10.1 Å². The highest BCUT2D eigenvalue weighted by atomic mass is 32.2. The largest absolute Gasteiger partial charge is 0.457 e. The Morgan fingerprint density at radius 3 is 2.77 bits per heavy atom. The smallest absolute Gasteiger partial charge is 0.294 e. The molecule has 0 unspecified atom stereocenters. The second-order valence-electron chi connectivity index (χ2n) is 5.26. The third kappa shape index (κ3) is 1.83. The molecule has 2 N–H and O–H groups in total. The fraction of sp³-hybridized carbons (Fsp3) is 0.133. The number of rotatable bonds is 1. The van der Waals surface area contributed by atoms with E-state index in [1.165, 1.54) is 18.2 Å². The van der Waals surface area contributed by atoms with Crippen LogP contribution in [-0.2, 0) is 10.1 Å². The van der Waals surface area contributed by atoms with Gasteiger partial charge in [0.1, 0.15) is 11.5 Å². The Labute approximate surface area is 126 Å². The lowest BCUT2D eigenvalue weighted by atomic mass is 9.82. The second-order valence-corrected chi connectivity index (χ2v) is 6.68. The van der Waals surface area contributed by atoms with Gasteiger partial charge in [-0.05, 0) is 30.3 Å². The highest BCUT2D eigenvalue weighted by molar-refractivity contribution is 7.85. The number of benzene rings is 2. The number of hydrogen-bond acceptors (Lipinski definition) is 4. The van der Waals surface area contributed by atoms with Gasteiger partial charge in [-0.2, -0.15) is 8.42 Å². The molecule has 0 spiro atoms. The summed E-state index contributed by atoms with van der Waals surface area (Å²) in [6.45, 7) is 0.355. The Hall–Kier alpha value is -2.38. The van der Waals surface area contributed by atoms with Crippen LogP contribution in [0, 0.1) is 0 Å². The van der Waals surface area contributed by atoms with Crippen molar-refractivity contribution >= 4 is 16.0 Å². The number of amides is 1. The molecule has 0 fully saturated rings. The molecule has 0 radical (unpaired) electrons. The van der Waals surface area contributed by atoms with Crippen LogP contribution in [0.5, 0.6) is 11.5 Å². The quantitative estimate of drug-likeness (QED) is 0.784. The van der Waals surface area contributed by atoms with Crippen LogP contribution in [0.4, 0.5) is 0 Å². The van der Waals surface area contributed by atoms with Crippen molar-refractivity contribution in [3.8, 4) is 11.5 Å². The van der Waals surface area contributed by atoms with E-state index in [-0.39, 0.29) is 16.7 Å². The van der Waals surface area contributed by atoms with Crippen LogP contribution in [0.3, 0.4) is 0 Å². The summed E-state index contributed by atoms with van der Waals surface area (Å²) in [4.78, 5) is 11.8. The van der Waals surface area contributed by atoms with E-state index in [4.69, 9.17) is 4.74 Å². The zero-order chi connectivity index (χ0) is 15.5. The standard InChI is InChI=1S/C15H11NO5S/c17-15-9-2-1-3-13-14(9)11(7-16-15)10-6-8(22(18,19)20)4-5-12(10)21-13/h1-6,11H,7H2,(H,16,17)(H,18,19,20)/t11-/m1/s1. The predicted octanol–water partition coefficient (Wildman–Crippen LogP) is 1.91. The maximum absolute atomic E-state index is 12.0. The minimum Gasteiger partial charge on any atom is -0.457 e. The van der Waals surface area contributed by atoms with Crippen molar-refractivity contribution < 1.29 is 22.5 Å². The molecule has 2 aromatic carbocycles. The summed E-state index contributed by atoms with van der Waals surface area (Å²) in [5.74, 6) is 0.753. The summed E-state index contributed by atoms with van der Waals surface area (Å²) in [7, 11) is -4.29. The number of carbonyl (C=O) groups excluding carboxylic acids is 1. The Balaban J connectivity index is 1.95. The molecule has 7 heteroatoms. The molecule has 2 aromatic rings. The average Bonchev–Trinajstić information content (AvgIpc) is 2.48. The SMILES string of the molecule is O=C1NC[C@@H]2c3cc(S(=O)(=O)O)ccc3Oc3cccc1c32. The molecule has 0 saturated carbocycles. The summed E-state index contributed by atoms with van der Waals surface area (Å²) >= 11 is 0. The minimum atomic E-state index is -4.29. The van der Waals surface area contributed by atoms with Gasteiger partial charge >= 0.3 is 0 Å². The summed E-state index contributed by atoms with van der Waals surface area (Å²) in [6.07, 6.45) is 0. The van der Waals surface area contributed by atoms with Crippen molar-refractivity contribution in [1.82, 2.24) is 5.32 Å². The maximum Gasteiger partial charge on any atom is 0.294 e. The highest BCUT2D eigenvalue weighted by Gasteiger charge is 2.35. The van der Waals surface area contributed by atoms with Crippen molar-refractivity contribution in [3.05, 3.63) is 53.1 Å². The molecular weight excluding hydrogens is 306 g/mol. The van der Waals surface area contributed by atoms with Crippen LogP contribution in [0.1, 0.15) is 27.4 Å². The Morgan fingerprint density at radius 1 is 1.18 bits per heavy atom. The van der Waals surface area contributed by atoms with Gasteiger partial charge in [-0.25, -0.2) is 0 Å². The van der Waals surface area contributed by atoms with Gasteiger partial charge in [-0.3, -0.25) is 9.35 Å². The van der Waals surface area contributed by atoms with Crippen LogP contribution in [0.15, 0.2) is 41.3 Å². The van der Waals surface area contributed by atoms with Gasteiger partial charge in [0.05, 0.1) is 4.90 Å². The van der Waals surface area contributed by atoms with E-state index in [9.17, 15) is 17.8 Å². The fourth-order valence-electron chi connectivity index (χ4n) is 3.02. The molecule has 112 valence electrons. The molecule has 0 aliphatic carbocycles. The number of hydrogen-bond donors (Lipinski definition) is 2. The fourth-order valence-corrected chi connectivity index (χ4v) is 3.53.